The van der Waals surface area contributed by atoms with Crippen LogP contribution in [0.4, 0.5) is 5.82 Å². The van der Waals surface area contributed by atoms with Gasteiger partial charge in [0.1, 0.15) is 5.82 Å². The lowest BCUT2D eigenvalue weighted by Crippen LogP contribution is -2.26. The first-order valence-electron chi connectivity index (χ1n) is 5.68. The summed E-state index contributed by atoms with van der Waals surface area (Å²) in [6.45, 7) is 5.86. The molecule has 3 heteroatoms. The van der Waals surface area contributed by atoms with Crippen LogP contribution >= 0.6 is 0 Å². The summed E-state index contributed by atoms with van der Waals surface area (Å²) in [5, 5.41) is 0. The normalized spacial score (nSPS) is 17.5. The van der Waals surface area contributed by atoms with Gasteiger partial charge in [0, 0.05) is 25.9 Å². The van der Waals surface area contributed by atoms with Crippen molar-refractivity contribution in [2.24, 2.45) is 0 Å². The molecular formula is C12H18N2O. The maximum absolute atomic E-state index is 5.42. The standard InChI is InChI=1S/C12H18N2O/c1-2-11-4-5-12(13-10-11)14-6-3-8-15-9-7-14/h4-5,10H,2-3,6-9H2,1H3. The third kappa shape index (κ3) is 2.69. The molecule has 1 aromatic heterocycles. The minimum atomic E-state index is 0.817. The van der Waals surface area contributed by atoms with Crippen LogP contribution in [0.2, 0.25) is 0 Å². The van der Waals surface area contributed by atoms with Gasteiger partial charge in [0.25, 0.3) is 0 Å². The van der Waals surface area contributed by atoms with Crippen molar-refractivity contribution >= 4 is 5.82 Å². The highest BCUT2D eigenvalue weighted by atomic mass is 16.5. The molecule has 0 unspecified atom stereocenters. The van der Waals surface area contributed by atoms with Gasteiger partial charge >= 0.3 is 0 Å². The van der Waals surface area contributed by atoms with Crippen LogP contribution < -0.4 is 4.90 Å². The number of pyridine rings is 1. The van der Waals surface area contributed by atoms with Gasteiger partial charge in [0.05, 0.1) is 6.61 Å². The predicted molar refractivity (Wildman–Crippen MR) is 61.3 cm³/mol. The van der Waals surface area contributed by atoms with Crippen molar-refractivity contribution in [1.29, 1.82) is 0 Å². The zero-order chi connectivity index (χ0) is 10.5. The largest absolute Gasteiger partial charge is 0.380 e. The first-order valence-corrected chi connectivity index (χ1v) is 5.68. The molecule has 1 aliphatic rings. The number of rotatable bonds is 2. The molecule has 2 rings (SSSR count). The molecule has 0 aliphatic carbocycles. The molecule has 3 nitrogen and oxygen atoms in total. The lowest BCUT2D eigenvalue weighted by atomic mass is 10.2. The average molecular weight is 206 g/mol. The topological polar surface area (TPSA) is 25.4 Å². The Morgan fingerprint density at radius 1 is 1.33 bits per heavy atom. The van der Waals surface area contributed by atoms with Gasteiger partial charge in [-0.25, -0.2) is 4.98 Å². The molecule has 0 spiro atoms. The van der Waals surface area contributed by atoms with Gasteiger partial charge < -0.3 is 9.64 Å². The molecule has 1 fully saturated rings. The van der Waals surface area contributed by atoms with Crippen molar-refractivity contribution in [3.05, 3.63) is 23.9 Å². The van der Waals surface area contributed by atoms with Gasteiger partial charge in [-0.2, -0.15) is 0 Å². The Labute approximate surface area is 91.1 Å². The summed E-state index contributed by atoms with van der Waals surface area (Å²) in [5.41, 5.74) is 1.30. The fraction of sp³-hybridized carbons (Fsp3) is 0.583. The Hall–Kier alpha value is -1.09. The van der Waals surface area contributed by atoms with Crippen molar-refractivity contribution in [1.82, 2.24) is 4.98 Å². The molecule has 1 aliphatic heterocycles. The Kier molecular flexibility index (Phi) is 3.56. The van der Waals surface area contributed by atoms with E-state index in [1.165, 1.54) is 5.56 Å². The molecule has 0 amide bonds. The molecule has 82 valence electrons. The Bertz CT molecular complexity index is 289. The minimum Gasteiger partial charge on any atom is -0.380 e. The summed E-state index contributed by atoms with van der Waals surface area (Å²) in [5.74, 6) is 1.08. The van der Waals surface area contributed by atoms with E-state index in [9.17, 15) is 0 Å². The fourth-order valence-electron chi connectivity index (χ4n) is 1.79. The molecule has 0 N–H and O–H groups in total. The van der Waals surface area contributed by atoms with E-state index in [-0.39, 0.29) is 0 Å². The van der Waals surface area contributed by atoms with Gasteiger partial charge in [-0.15, -0.1) is 0 Å². The number of aryl methyl sites for hydroxylation is 1. The average Bonchev–Trinajstić information content (AvgIpc) is 2.58. The van der Waals surface area contributed by atoms with Crippen LogP contribution in [0.1, 0.15) is 18.9 Å². The summed E-state index contributed by atoms with van der Waals surface area (Å²) in [6.07, 6.45) is 4.12. The van der Waals surface area contributed by atoms with Gasteiger partial charge in [-0.3, -0.25) is 0 Å². The van der Waals surface area contributed by atoms with E-state index in [1.54, 1.807) is 0 Å². The van der Waals surface area contributed by atoms with Crippen molar-refractivity contribution in [3.8, 4) is 0 Å². The molecule has 1 saturated heterocycles. The Balaban J connectivity index is 2.06. The number of hydrogen-bond donors (Lipinski definition) is 0. The van der Waals surface area contributed by atoms with Crippen molar-refractivity contribution in [2.75, 3.05) is 31.2 Å². The maximum Gasteiger partial charge on any atom is 0.128 e. The van der Waals surface area contributed by atoms with Gasteiger partial charge in [0.2, 0.25) is 0 Å². The van der Waals surface area contributed by atoms with E-state index in [1.807, 2.05) is 6.20 Å². The van der Waals surface area contributed by atoms with Crippen LogP contribution in [-0.4, -0.2) is 31.3 Å². The second-order valence-corrected chi connectivity index (χ2v) is 3.83. The summed E-state index contributed by atoms with van der Waals surface area (Å²) in [7, 11) is 0. The van der Waals surface area contributed by atoms with Crippen LogP contribution in [0.3, 0.4) is 0 Å². The highest BCUT2D eigenvalue weighted by molar-refractivity contribution is 5.39. The van der Waals surface area contributed by atoms with E-state index in [0.717, 1.165) is 45.0 Å². The summed E-state index contributed by atoms with van der Waals surface area (Å²) in [6, 6.07) is 4.28. The summed E-state index contributed by atoms with van der Waals surface area (Å²) >= 11 is 0. The van der Waals surface area contributed by atoms with Crippen LogP contribution in [-0.2, 0) is 11.2 Å². The first-order chi connectivity index (χ1) is 7.40. The monoisotopic (exact) mass is 206 g/mol. The van der Waals surface area contributed by atoms with Crippen LogP contribution in [0, 0.1) is 0 Å². The van der Waals surface area contributed by atoms with Crippen molar-refractivity contribution < 1.29 is 4.74 Å². The second kappa shape index (κ2) is 5.12. The molecule has 1 aromatic rings. The Morgan fingerprint density at radius 2 is 2.27 bits per heavy atom. The molecule has 0 aromatic carbocycles. The minimum absolute atomic E-state index is 0.817. The van der Waals surface area contributed by atoms with E-state index in [0.29, 0.717) is 0 Å². The molecule has 0 radical (unpaired) electrons. The number of aromatic nitrogens is 1. The summed E-state index contributed by atoms with van der Waals surface area (Å²) in [4.78, 5) is 6.78. The van der Waals surface area contributed by atoms with Gasteiger partial charge in [-0.1, -0.05) is 13.0 Å². The smallest absolute Gasteiger partial charge is 0.128 e. The second-order valence-electron chi connectivity index (χ2n) is 3.83. The number of hydrogen-bond acceptors (Lipinski definition) is 3. The SMILES string of the molecule is CCc1ccc(N2CCCOCC2)nc1. The zero-order valence-electron chi connectivity index (χ0n) is 9.28. The molecule has 0 saturated carbocycles. The van der Waals surface area contributed by atoms with E-state index >= 15 is 0 Å². The predicted octanol–water partition coefficient (Wildman–Crippen LogP) is 1.87. The third-order valence-electron chi connectivity index (χ3n) is 2.76. The highest BCUT2D eigenvalue weighted by Gasteiger charge is 2.10. The highest BCUT2D eigenvalue weighted by Crippen LogP contribution is 2.13. The maximum atomic E-state index is 5.42. The van der Waals surface area contributed by atoms with Gasteiger partial charge in [0.15, 0.2) is 0 Å². The lowest BCUT2D eigenvalue weighted by Gasteiger charge is -2.20. The van der Waals surface area contributed by atoms with E-state index < -0.39 is 0 Å². The molecular weight excluding hydrogens is 188 g/mol. The molecule has 0 atom stereocenters. The molecule has 2 heterocycles. The molecule has 15 heavy (non-hydrogen) atoms. The fourth-order valence-corrected chi connectivity index (χ4v) is 1.79. The number of anilines is 1. The van der Waals surface area contributed by atoms with Crippen LogP contribution in [0.25, 0.3) is 0 Å². The van der Waals surface area contributed by atoms with Crippen molar-refractivity contribution in [3.63, 3.8) is 0 Å². The van der Waals surface area contributed by atoms with E-state index in [2.05, 4.69) is 28.9 Å². The van der Waals surface area contributed by atoms with Gasteiger partial charge in [-0.05, 0) is 24.5 Å². The third-order valence-corrected chi connectivity index (χ3v) is 2.76. The lowest BCUT2D eigenvalue weighted by molar-refractivity contribution is 0.152. The van der Waals surface area contributed by atoms with E-state index in [4.69, 9.17) is 4.74 Å². The van der Waals surface area contributed by atoms with Crippen LogP contribution in [0.5, 0.6) is 0 Å². The molecule has 0 bridgehead atoms. The number of nitrogens with zero attached hydrogens (tertiary/aromatic N) is 2. The quantitative estimate of drug-likeness (QED) is 0.738. The summed E-state index contributed by atoms with van der Waals surface area (Å²) < 4.78 is 5.42. The van der Waals surface area contributed by atoms with Crippen molar-refractivity contribution in [2.45, 2.75) is 19.8 Å². The zero-order valence-corrected chi connectivity index (χ0v) is 9.28. The Morgan fingerprint density at radius 3 is 3.00 bits per heavy atom. The van der Waals surface area contributed by atoms with Crippen LogP contribution in [0.15, 0.2) is 18.3 Å². The number of ether oxygens (including phenoxy) is 1. The first kappa shape index (κ1) is 10.4.